The van der Waals surface area contributed by atoms with Crippen molar-refractivity contribution in [3.63, 3.8) is 0 Å². The van der Waals surface area contributed by atoms with E-state index >= 15 is 0 Å². The molecule has 0 amide bonds. The Morgan fingerprint density at radius 2 is 1.67 bits per heavy atom. The molecular formula is C13H24N2. The van der Waals surface area contributed by atoms with Gasteiger partial charge in [0.05, 0.1) is 0 Å². The molecule has 0 atom stereocenters. The van der Waals surface area contributed by atoms with Crippen molar-refractivity contribution in [1.82, 2.24) is 10.2 Å². The summed E-state index contributed by atoms with van der Waals surface area (Å²) in [5, 5.41) is 3.83. The number of nitrogens with zero attached hydrogens (tertiary/aromatic N) is 1. The van der Waals surface area contributed by atoms with Crippen molar-refractivity contribution in [2.24, 2.45) is 0 Å². The molecule has 2 rings (SSSR count). The molecule has 0 aromatic carbocycles. The van der Waals surface area contributed by atoms with Gasteiger partial charge in [0.25, 0.3) is 0 Å². The highest BCUT2D eigenvalue weighted by Gasteiger charge is 2.22. The van der Waals surface area contributed by atoms with E-state index in [4.69, 9.17) is 0 Å². The van der Waals surface area contributed by atoms with E-state index in [2.05, 4.69) is 16.8 Å². The van der Waals surface area contributed by atoms with Gasteiger partial charge in [-0.3, -0.25) is 4.90 Å². The van der Waals surface area contributed by atoms with Crippen LogP contribution in [0.5, 0.6) is 0 Å². The quantitative estimate of drug-likeness (QED) is 0.712. The predicted molar refractivity (Wildman–Crippen MR) is 65.1 cm³/mol. The molecule has 2 fully saturated rings. The van der Waals surface area contributed by atoms with Gasteiger partial charge >= 0.3 is 0 Å². The molecule has 2 heteroatoms. The smallest absolute Gasteiger partial charge is 0.0160 e. The minimum absolute atomic E-state index is 0.786. The Balaban J connectivity index is 1.66. The molecule has 86 valence electrons. The van der Waals surface area contributed by atoms with Gasteiger partial charge in [0.2, 0.25) is 0 Å². The molecule has 0 unspecified atom stereocenters. The van der Waals surface area contributed by atoms with Crippen molar-refractivity contribution in [2.75, 3.05) is 19.6 Å². The van der Waals surface area contributed by atoms with Gasteiger partial charge in [0.15, 0.2) is 0 Å². The SMILES string of the molecule is C=CCN1CCC(NC2CCCC2)CC1. The zero-order valence-electron chi connectivity index (χ0n) is 9.75. The molecule has 1 N–H and O–H groups in total. The van der Waals surface area contributed by atoms with Gasteiger partial charge in [-0.25, -0.2) is 0 Å². The van der Waals surface area contributed by atoms with E-state index in [9.17, 15) is 0 Å². The molecule has 2 nitrogen and oxygen atoms in total. The Labute approximate surface area is 93.7 Å². The third-order valence-electron chi connectivity index (χ3n) is 3.80. The van der Waals surface area contributed by atoms with Gasteiger partial charge < -0.3 is 5.32 Å². The van der Waals surface area contributed by atoms with Crippen molar-refractivity contribution in [2.45, 2.75) is 50.6 Å². The number of nitrogens with one attached hydrogen (secondary N) is 1. The van der Waals surface area contributed by atoms with Crippen LogP contribution in [0, 0.1) is 0 Å². The van der Waals surface area contributed by atoms with Gasteiger partial charge in [-0.2, -0.15) is 0 Å². The summed E-state index contributed by atoms with van der Waals surface area (Å²) in [4.78, 5) is 2.50. The van der Waals surface area contributed by atoms with Crippen molar-refractivity contribution < 1.29 is 0 Å². The maximum atomic E-state index is 3.83. The highest BCUT2D eigenvalue weighted by molar-refractivity contribution is 4.84. The first-order chi connectivity index (χ1) is 7.38. The summed E-state index contributed by atoms with van der Waals surface area (Å²) in [7, 11) is 0. The van der Waals surface area contributed by atoms with Gasteiger partial charge in [-0.1, -0.05) is 18.9 Å². The summed E-state index contributed by atoms with van der Waals surface area (Å²) in [5.74, 6) is 0. The average molecular weight is 208 g/mol. The molecule has 0 spiro atoms. The van der Waals surface area contributed by atoms with Crippen molar-refractivity contribution >= 4 is 0 Å². The molecule has 2 aliphatic rings. The molecule has 0 bridgehead atoms. The lowest BCUT2D eigenvalue weighted by Gasteiger charge is -2.33. The number of likely N-dealkylation sites (tertiary alicyclic amines) is 1. The maximum absolute atomic E-state index is 3.83. The van der Waals surface area contributed by atoms with Crippen LogP contribution in [0.4, 0.5) is 0 Å². The number of hydrogen-bond acceptors (Lipinski definition) is 2. The van der Waals surface area contributed by atoms with Crippen LogP contribution in [0.2, 0.25) is 0 Å². The van der Waals surface area contributed by atoms with E-state index in [1.807, 2.05) is 6.08 Å². The van der Waals surface area contributed by atoms with E-state index in [1.165, 1.54) is 51.6 Å². The first kappa shape index (κ1) is 11.2. The lowest BCUT2D eigenvalue weighted by Crippen LogP contribution is -2.45. The Bertz CT molecular complexity index is 189. The summed E-state index contributed by atoms with van der Waals surface area (Å²) >= 11 is 0. The Morgan fingerprint density at radius 3 is 2.27 bits per heavy atom. The molecule has 1 aliphatic carbocycles. The Kier molecular flexibility index (Phi) is 4.21. The van der Waals surface area contributed by atoms with E-state index < -0.39 is 0 Å². The topological polar surface area (TPSA) is 15.3 Å². The fraction of sp³-hybridized carbons (Fsp3) is 0.846. The Morgan fingerprint density at radius 1 is 1.07 bits per heavy atom. The molecule has 1 saturated heterocycles. The second-order valence-corrected chi connectivity index (χ2v) is 5.01. The fourth-order valence-electron chi connectivity index (χ4n) is 2.89. The van der Waals surface area contributed by atoms with Crippen LogP contribution in [0.15, 0.2) is 12.7 Å². The van der Waals surface area contributed by atoms with Gasteiger partial charge in [0, 0.05) is 18.6 Å². The number of hydrogen-bond donors (Lipinski definition) is 1. The van der Waals surface area contributed by atoms with E-state index in [-0.39, 0.29) is 0 Å². The summed E-state index contributed by atoms with van der Waals surface area (Å²) in [6.07, 6.45) is 10.4. The van der Waals surface area contributed by atoms with Crippen molar-refractivity contribution in [3.05, 3.63) is 12.7 Å². The van der Waals surface area contributed by atoms with Crippen molar-refractivity contribution in [1.29, 1.82) is 0 Å². The molecule has 1 saturated carbocycles. The molecular weight excluding hydrogens is 184 g/mol. The lowest BCUT2D eigenvalue weighted by molar-refractivity contribution is 0.207. The number of piperidine rings is 1. The van der Waals surface area contributed by atoms with Gasteiger partial charge in [-0.15, -0.1) is 6.58 Å². The molecule has 1 heterocycles. The summed E-state index contributed by atoms with van der Waals surface area (Å²) in [5.41, 5.74) is 0. The van der Waals surface area contributed by atoms with Crippen molar-refractivity contribution in [3.8, 4) is 0 Å². The van der Waals surface area contributed by atoms with E-state index in [0.29, 0.717) is 0 Å². The van der Waals surface area contributed by atoms with Crippen LogP contribution in [-0.2, 0) is 0 Å². The minimum atomic E-state index is 0.786. The third kappa shape index (κ3) is 3.32. The summed E-state index contributed by atoms with van der Waals surface area (Å²) in [6, 6.07) is 1.62. The molecule has 0 radical (unpaired) electrons. The first-order valence-electron chi connectivity index (χ1n) is 6.48. The Hall–Kier alpha value is -0.340. The average Bonchev–Trinajstić information content (AvgIpc) is 2.74. The highest BCUT2D eigenvalue weighted by Crippen LogP contribution is 2.20. The van der Waals surface area contributed by atoms with Crippen LogP contribution in [-0.4, -0.2) is 36.6 Å². The fourth-order valence-corrected chi connectivity index (χ4v) is 2.89. The lowest BCUT2D eigenvalue weighted by atomic mass is 10.0. The standard InChI is InChI=1S/C13H24N2/c1-2-9-15-10-7-13(8-11-15)14-12-5-3-4-6-12/h2,12-14H,1,3-11H2. The van der Waals surface area contributed by atoms with Crippen LogP contribution >= 0.6 is 0 Å². The molecule has 1 aliphatic heterocycles. The van der Waals surface area contributed by atoms with Crippen LogP contribution in [0.25, 0.3) is 0 Å². The van der Waals surface area contributed by atoms with Crippen LogP contribution < -0.4 is 5.32 Å². The summed E-state index contributed by atoms with van der Waals surface area (Å²) in [6.45, 7) is 7.36. The monoisotopic (exact) mass is 208 g/mol. The highest BCUT2D eigenvalue weighted by atomic mass is 15.1. The van der Waals surface area contributed by atoms with E-state index in [0.717, 1.165) is 18.6 Å². The van der Waals surface area contributed by atoms with Gasteiger partial charge in [-0.05, 0) is 38.8 Å². The normalized spacial score (nSPS) is 25.9. The minimum Gasteiger partial charge on any atom is -0.311 e. The zero-order valence-corrected chi connectivity index (χ0v) is 9.75. The second kappa shape index (κ2) is 5.66. The zero-order chi connectivity index (χ0) is 10.5. The van der Waals surface area contributed by atoms with E-state index in [1.54, 1.807) is 0 Å². The second-order valence-electron chi connectivity index (χ2n) is 5.01. The number of rotatable bonds is 4. The summed E-state index contributed by atoms with van der Waals surface area (Å²) < 4.78 is 0. The van der Waals surface area contributed by atoms with Gasteiger partial charge in [0.1, 0.15) is 0 Å². The first-order valence-corrected chi connectivity index (χ1v) is 6.48. The molecule has 15 heavy (non-hydrogen) atoms. The predicted octanol–water partition coefficient (Wildman–Crippen LogP) is 2.17. The van der Waals surface area contributed by atoms with Crippen LogP contribution in [0.3, 0.4) is 0 Å². The molecule has 0 aromatic heterocycles. The maximum Gasteiger partial charge on any atom is 0.0160 e. The molecule has 0 aromatic rings. The van der Waals surface area contributed by atoms with Crippen LogP contribution in [0.1, 0.15) is 38.5 Å². The third-order valence-corrected chi connectivity index (χ3v) is 3.80. The largest absolute Gasteiger partial charge is 0.311 e.